The summed E-state index contributed by atoms with van der Waals surface area (Å²) in [6.45, 7) is 14.5. The normalized spacial score (nSPS) is 14.0. The Morgan fingerprint density at radius 3 is 1.17 bits per heavy atom. The molecule has 0 atom stereocenters. The number of hydrogen-bond acceptors (Lipinski definition) is 0. The predicted molar refractivity (Wildman–Crippen MR) is 62.5 cm³/mol. The summed E-state index contributed by atoms with van der Waals surface area (Å²) < 4.78 is 0. The first-order valence-corrected chi connectivity index (χ1v) is 10.5. The van der Waals surface area contributed by atoms with Gasteiger partial charge in [0.25, 0.3) is 0 Å². The van der Waals surface area contributed by atoms with Crippen LogP contribution in [0.25, 0.3) is 0 Å². The second-order valence-electron chi connectivity index (χ2n) is 4.76. The smallest absolute Gasteiger partial charge is 0.0153 e. The van der Waals surface area contributed by atoms with E-state index >= 15 is 0 Å². The lowest BCUT2D eigenvalue weighted by Crippen LogP contribution is -2.15. The van der Waals surface area contributed by atoms with Gasteiger partial charge in [-0.3, -0.25) is 0 Å². The van der Waals surface area contributed by atoms with E-state index in [4.69, 9.17) is 0 Å². The van der Waals surface area contributed by atoms with Crippen LogP contribution in [0.4, 0.5) is 0 Å². The van der Waals surface area contributed by atoms with Gasteiger partial charge in [-0.1, -0.05) is 40.8 Å². The summed E-state index contributed by atoms with van der Waals surface area (Å²) in [7, 11) is 0.0797. The third kappa shape index (κ3) is 6.01. The third-order valence-electron chi connectivity index (χ3n) is 2.16. The van der Waals surface area contributed by atoms with Crippen LogP contribution in [0.1, 0.15) is 27.7 Å². The topological polar surface area (TPSA) is 0 Å². The van der Waals surface area contributed by atoms with E-state index in [2.05, 4.69) is 40.8 Å². The number of hydrogen-bond donors (Lipinski definition) is 0. The molecular formula is C10H24Si2. The maximum atomic E-state index is 2.54. The molecule has 0 saturated carbocycles. The molecule has 0 rings (SSSR count). The lowest BCUT2D eigenvalue weighted by molar-refractivity contribution is 0.724. The lowest BCUT2D eigenvalue weighted by Gasteiger charge is -2.10. The molecule has 0 nitrogen and oxygen atoms in total. The van der Waals surface area contributed by atoms with Gasteiger partial charge in [-0.25, -0.2) is 0 Å². The van der Waals surface area contributed by atoms with Crippen LogP contribution >= 0.6 is 0 Å². The molecule has 0 amide bonds. The van der Waals surface area contributed by atoms with Crippen molar-refractivity contribution in [3.8, 4) is 0 Å². The molecule has 0 aliphatic carbocycles. The molecule has 0 radical (unpaired) electrons. The van der Waals surface area contributed by atoms with Crippen LogP contribution in [0.5, 0.6) is 0 Å². The Morgan fingerprint density at radius 2 is 1.00 bits per heavy atom. The van der Waals surface area contributed by atoms with Gasteiger partial charge in [-0.15, -0.1) is 0 Å². The Kier molecular flexibility index (Phi) is 6.19. The van der Waals surface area contributed by atoms with Crippen molar-refractivity contribution < 1.29 is 0 Å². The first-order chi connectivity index (χ1) is 5.43. The highest BCUT2D eigenvalue weighted by Gasteiger charge is 2.03. The minimum atomic E-state index is 0.0398. The van der Waals surface area contributed by atoms with Gasteiger partial charge >= 0.3 is 0 Å². The SMILES string of the molecule is CC(C)C[Si](C)=[Si](C)CC(C)C. The molecule has 2 heteroatoms. The van der Waals surface area contributed by atoms with Crippen molar-refractivity contribution in [1.29, 1.82) is 0 Å². The Labute approximate surface area is 80.9 Å². The first-order valence-electron chi connectivity index (χ1n) is 5.08. The highest BCUT2D eigenvalue weighted by Crippen LogP contribution is 2.06. The van der Waals surface area contributed by atoms with E-state index in [0.717, 1.165) is 11.8 Å². The summed E-state index contributed by atoms with van der Waals surface area (Å²) in [5.41, 5.74) is 0. The Bertz CT molecular complexity index is 139. The molecule has 0 bridgehead atoms. The van der Waals surface area contributed by atoms with Gasteiger partial charge in [-0.05, 0) is 39.7 Å². The van der Waals surface area contributed by atoms with Gasteiger partial charge in [0.1, 0.15) is 0 Å². The monoisotopic (exact) mass is 200 g/mol. The van der Waals surface area contributed by atoms with Gasteiger partial charge in [-0.2, -0.15) is 0 Å². The molecule has 12 heavy (non-hydrogen) atoms. The van der Waals surface area contributed by atoms with E-state index in [-0.39, 0.29) is 15.8 Å². The molecular weight excluding hydrogens is 176 g/mol. The summed E-state index contributed by atoms with van der Waals surface area (Å²) in [5.74, 6) is 1.85. The summed E-state index contributed by atoms with van der Waals surface area (Å²) in [5, 5.41) is 0. The van der Waals surface area contributed by atoms with Crippen LogP contribution in [0, 0.1) is 11.8 Å². The van der Waals surface area contributed by atoms with Crippen LogP contribution in [0.2, 0.25) is 25.2 Å². The van der Waals surface area contributed by atoms with E-state index in [1.165, 1.54) is 12.1 Å². The zero-order valence-corrected chi connectivity index (χ0v) is 11.6. The molecule has 0 N–H and O–H groups in total. The van der Waals surface area contributed by atoms with E-state index < -0.39 is 0 Å². The number of rotatable bonds is 4. The molecule has 0 aliphatic rings. The zero-order chi connectivity index (χ0) is 9.72. The van der Waals surface area contributed by atoms with Crippen molar-refractivity contribution in [3.05, 3.63) is 0 Å². The average Bonchev–Trinajstić information content (AvgIpc) is 1.84. The minimum Gasteiger partial charge on any atom is -0.0628 e. The average molecular weight is 200 g/mol. The van der Waals surface area contributed by atoms with Crippen LogP contribution in [0.15, 0.2) is 0 Å². The summed E-state index contributed by atoms with van der Waals surface area (Å²) in [6.07, 6.45) is 0. The molecule has 0 spiro atoms. The van der Waals surface area contributed by atoms with Gasteiger partial charge in [0.15, 0.2) is 0 Å². The summed E-state index contributed by atoms with van der Waals surface area (Å²) in [6, 6.07) is 3.06. The first kappa shape index (κ1) is 12.4. The summed E-state index contributed by atoms with van der Waals surface area (Å²) >= 11 is 0. The molecule has 0 aromatic carbocycles. The molecule has 72 valence electrons. The van der Waals surface area contributed by atoms with Crippen LogP contribution in [0.3, 0.4) is 0 Å². The highest BCUT2D eigenvalue weighted by atomic mass is 28.9. The molecule has 0 aliphatic heterocycles. The maximum Gasteiger partial charge on any atom is -0.0153 e. The molecule has 0 aromatic rings. The van der Waals surface area contributed by atoms with Gasteiger partial charge in [0, 0.05) is 0 Å². The van der Waals surface area contributed by atoms with Gasteiger partial charge in [0.05, 0.1) is 0 Å². The molecule has 0 fully saturated rings. The van der Waals surface area contributed by atoms with E-state index in [1.54, 1.807) is 0 Å². The van der Waals surface area contributed by atoms with Crippen molar-refractivity contribution in [2.24, 2.45) is 11.8 Å². The van der Waals surface area contributed by atoms with Gasteiger partial charge in [0.2, 0.25) is 0 Å². The quantitative estimate of drug-likeness (QED) is 0.608. The Balaban J connectivity index is 4.06. The highest BCUT2D eigenvalue weighted by molar-refractivity contribution is 6.95. The van der Waals surface area contributed by atoms with Crippen molar-refractivity contribution in [3.63, 3.8) is 0 Å². The lowest BCUT2D eigenvalue weighted by atomic mass is 10.3. The standard InChI is InChI=1S/C10H24Si2/c1-9(2)7-11(5)12(6)8-10(3)4/h9-10H,7-8H2,1-6H3. The predicted octanol–water partition coefficient (Wildman–Crippen LogP) is 3.63. The van der Waals surface area contributed by atoms with E-state index in [1.807, 2.05) is 0 Å². The maximum absolute atomic E-state index is 2.54. The van der Waals surface area contributed by atoms with Crippen molar-refractivity contribution in [1.82, 2.24) is 0 Å². The third-order valence-corrected chi connectivity index (χ3v) is 12.1. The second kappa shape index (κ2) is 5.97. The van der Waals surface area contributed by atoms with Crippen molar-refractivity contribution in [2.45, 2.75) is 52.9 Å². The Hall–Kier alpha value is 0.434. The van der Waals surface area contributed by atoms with Crippen molar-refractivity contribution in [2.75, 3.05) is 0 Å². The molecule has 0 heterocycles. The summed E-state index contributed by atoms with van der Waals surface area (Å²) in [4.78, 5) is 0. The van der Waals surface area contributed by atoms with Crippen LogP contribution in [-0.2, 0) is 0 Å². The van der Waals surface area contributed by atoms with Crippen LogP contribution in [-0.4, -0.2) is 15.8 Å². The fourth-order valence-electron chi connectivity index (χ4n) is 1.57. The molecule has 0 unspecified atom stereocenters. The van der Waals surface area contributed by atoms with Crippen LogP contribution < -0.4 is 0 Å². The molecule has 0 aromatic heterocycles. The van der Waals surface area contributed by atoms with Gasteiger partial charge < -0.3 is 0 Å². The fourth-order valence-corrected chi connectivity index (χ4v) is 9.26. The molecule has 0 saturated heterocycles. The largest absolute Gasteiger partial charge is 0.0628 e. The Morgan fingerprint density at radius 1 is 0.750 bits per heavy atom. The zero-order valence-electron chi connectivity index (χ0n) is 9.57. The van der Waals surface area contributed by atoms with E-state index in [9.17, 15) is 0 Å². The van der Waals surface area contributed by atoms with E-state index in [0.29, 0.717) is 0 Å². The second-order valence-corrected chi connectivity index (χ2v) is 13.8. The minimum absolute atomic E-state index is 0.0398. The fraction of sp³-hybridized carbons (Fsp3) is 1.00. The van der Waals surface area contributed by atoms with Crippen molar-refractivity contribution >= 4 is 15.8 Å².